The predicted octanol–water partition coefficient (Wildman–Crippen LogP) is 7.07. The number of ether oxygens (including phenoxy) is 1. The van der Waals surface area contributed by atoms with Crippen LogP contribution in [0.5, 0.6) is 11.5 Å². The summed E-state index contributed by atoms with van der Waals surface area (Å²) in [5.41, 5.74) is 3.24. The summed E-state index contributed by atoms with van der Waals surface area (Å²) in [6, 6.07) is 11.8. The van der Waals surface area contributed by atoms with Crippen molar-refractivity contribution in [1.29, 1.82) is 0 Å². The number of carbonyl (C=O) groups excluding carboxylic acids is 1. The van der Waals surface area contributed by atoms with Crippen molar-refractivity contribution in [2.24, 2.45) is 0 Å². The molecule has 0 spiro atoms. The Bertz CT molecular complexity index is 1340. The van der Waals surface area contributed by atoms with E-state index in [0.717, 1.165) is 60.8 Å². The first kappa shape index (κ1) is 28.2. The normalized spacial score (nSPS) is 13.8. The first-order valence-electron chi connectivity index (χ1n) is 14.0. The molecule has 1 aliphatic heterocycles. The van der Waals surface area contributed by atoms with Crippen molar-refractivity contribution in [1.82, 2.24) is 0 Å². The second-order valence-corrected chi connectivity index (χ2v) is 10.3. The van der Waals surface area contributed by atoms with Gasteiger partial charge in [0, 0.05) is 16.7 Å². The van der Waals surface area contributed by atoms with Crippen molar-refractivity contribution in [2.75, 3.05) is 0 Å². The van der Waals surface area contributed by atoms with Crippen LogP contribution < -0.4 is 0 Å². The van der Waals surface area contributed by atoms with Gasteiger partial charge in [-0.2, -0.15) is 0 Å². The standard InChI is InChI=1S/C33H38O6/c1-5-9-20-13-17-27(29(34)23(20)11-7-3)33(26-16-15-22(31(36)37)19-25(26)32(38)39-33)28-18-14-21(10-6-2)24(12-8-4)30(28)35/h13-19,34-35H,5-12H2,1-4H3,(H,36,37). The number of aryl methyl sites for hydroxylation is 2. The molecule has 0 aliphatic carbocycles. The van der Waals surface area contributed by atoms with E-state index < -0.39 is 17.5 Å². The molecule has 6 nitrogen and oxygen atoms in total. The number of hydrogen-bond acceptors (Lipinski definition) is 5. The van der Waals surface area contributed by atoms with Gasteiger partial charge in [0.25, 0.3) is 0 Å². The summed E-state index contributed by atoms with van der Waals surface area (Å²) in [5.74, 6) is -1.77. The van der Waals surface area contributed by atoms with Crippen molar-refractivity contribution in [3.63, 3.8) is 0 Å². The van der Waals surface area contributed by atoms with Crippen LogP contribution in [0.4, 0.5) is 0 Å². The fourth-order valence-electron chi connectivity index (χ4n) is 5.94. The van der Waals surface area contributed by atoms with Crippen LogP contribution in [-0.2, 0) is 36.0 Å². The molecule has 3 aromatic rings. The van der Waals surface area contributed by atoms with E-state index in [-0.39, 0.29) is 22.6 Å². The van der Waals surface area contributed by atoms with Gasteiger partial charge in [0.15, 0.2) is 5.60 Å². The van der Waals surface area contributed by atoms with Crippen molar-refractivity contribution < 1.29 is 29.6 Å². The quantitative estimate of drug-likeness (QED) is 0.229. The van der Waals surface area contributed by atoms with E-state index in [2.05, 4.69) is 13.8 Å². The summed E-state index contributed by atoms with van der Waals surface area (Å²) >= 11 is 0. The monoisotopic (exact) mass is 530 g/mol. The van der Waals surface area contributed by atoms with Crippen LogP contribution in [0.3, 0.4) is 0 Å². The number of fused-ring (bicyclic) bond motifs is 1. The van der Waals surface area contributed by atoms with Crippen molar-refractivity contribution in [3.8, 4) is 11.5 Å². The lowest BCUT2D eigenvalue weighted by Gasteiger charge is -2.33. The fourth-order valence-corrected chi connectivity index (χ4v) is 5.94. The highest BCUT2D eigenvalue weighted by molar-refractivity contribution is 6.00. The summed E-state index contributed by atoms with van der Waals surface area (Å²) in [7, 11) is 0. The van der Waals surface area contributed by atoms with Crippen molar-refractivity contribution in [3.05, 3.63) is 92.5 Å². The Hall–Kier alpha value is -3.80. The second-order valence-electron chi connectivity index (χ2n) is 10.3. The van der Waals surface area contributed by atoms with Gasteiger partial charge in [-0.05, 0) is 60.1 Å². The minimum Gasteiger partial charge on any atom is -0.507 e. The van der Waals surface area contributed by atoms with Crippen LogP contribution in [0.25, 0.3) is 0 Å². The predicted molar refractivity (Wildman–Crippen MR) is 151 cm³/mol. The highest BCUT2D eigenvalue weighted by Gasteiger charge is 2.52. The van der Waals surface area contributed by atoms with E-state index in [1.54, 1.807) is 18.2 Å². The van der Waals surface area contributed by atoms with Crippen LogP contribution in [0.2, 0.25) is 0 Å². The zero-order valence-electron chi connectivity index (χ0n) is 23.3. The molecule has 39 heavy (non-hydrogen) atoms. The molecule has 0 saturated heterocycles. The molecule has 4 rings (SSSR count). The molecule has 1 heterocycles. The highest BCUT2D eigenvalue weighted by atomic mass is 16.6. The van der Waals surface area contributed by atoms with Gasteiger partial charge in [-0.3, -0.25) is 0 Å². The number of benzene rings is 3. The molecule has 3 aromatic carbocycles. The number of phenolic OH excluding ortho intramolecular Hbond substituents is 2. The topological polar surface area (TPSA) is 104 Å². The Labute approximate surface area is 230 Å². The van der Waals surface area contributed by atoms with Gasteiger partial charge in [-0.15, -0.1) is 0 Å². The zero-order chi connectivity index (χ0) is 28.3. The molecule has 0 bridgehead atoms. The maximum Gasteiger partial charge on any atom is 0.340 e. The first-order chi connectivity index (χ1) is 18.7. The van der Waals surface area contributed by atoms with E-state index in [4.69, 9.17) is 4.74 Å². The summed E-state index contributed by atoms with van der Waals surface area (Å²) in [6.07, 6.45) is 6.34. The zero-order valence-corrected chi connectivity index (χ0v) is 23.3. The lowest BCUT2D eigenvalue weighted by molar-refractivity contribution is 0.0238. The van der Waals surface area contributed by atoms with Gasteiger partial charge in [-0.1, -0.05) is 83.7 Å². The third-order valence-electron chi connectivity index (χ3n) is 7.67. The third kappa shape index (κ3) is 4.77. The van der Waals surface area contributed by atoms with E-state index in [9.17, 15) is 24.9 Å². The molecule has 3 N–H and O–H groups in total. The van der Waals surface area contributed by atoms with Crippen LogP contribution in [0.15, 0.2) is 42.5 Å². The lowest BCUT2D eigenvalue weighted by atomic mass is 9.76. The summed E-state index contributed by atoms with van der Waals surface area (Å²) in [4.78, 5) is 25.1. The largest absolute Gasteiger partial charge is 0.507 e. The number of phenols is 2. The average molecular weight is 531 g/mol. The van der Waals surface area contributed by atoms with E-state index in [1.165, 1.54) is 12.1 Å². The molecular formula is C33H38O6. The average Bonchev–Trinajstić information content (AvgIpc) is 3.20. The molecule has 6 heteroatoms. The van der Waals surface area contributed by atoms with Gasteiger partial charge in [0.2, 0.25) is 0 Å². The Balaban J connectivity index is 2.11. The summed E-state index contributed by atoms with van der Waals surface area (Å²) in [5, 5.41) is 33.2. The maximum absolute atomic E-state index is 13.4. The third-order valence-corrected chi connectivity index (χ3v) is 7.67. The Morgan fingerprint density at radius 2 is 1.18 bits per heavy atom. The highest BCUT2D eigenvalue weighted by Crippen LogP contribution is 2.54. The van der Waals surface area contributed by atoms with Crippen LogP contribution in [0, 0.1) is 0 Å². The van der Waals surface area contributed by atoms with Gasteiger partial charge >= 0.3 is 11.9 Å². The second kappa shape index (κ2) is 11.5. The van der Waals surface area contributed by atoms with Crippen molar-refractivity contribution >= 4 is 11.9 Å². The number of rotatable bonds is 11. The van der Waals surface area contributed by atoms with E-state index in [1.807, 2.05) is 26.0 Å². The molecular weight excluding hydrogens is 492 g/mol. The smallest absolute Gasteiger partial charge is 0.340 e. The van der Waals surface area contributed by atoms with Gasteiger partial charge < -0.3 is 20.1 Å². The molecule has 0 atom stereocenters. The number of esters is 1. The van der Waals surface area contributed by atoms with Crippen molar-refractivity contribution in [2.45, 2.75) is 84.7 Å². The molecule has 0 aromatic heterocycles. The minimum absolute atomic E-state index is 0.0372. The Kier molecular flexibility index (Phi) is 8.34. The molecule has 0 fully saturated rings. The molecule has 0 radical (unpaired) electrons. The first-order valence-corrected chi connectivity index (χ1v) is 14.0. The van der Waals surface area contributed by atoms with Gasteiger partial charge in [0.1, 0.15) is 11.5 Å². The number of hydrogen-bond donors (Lipinski definition) is 3. The van der Waals surface area contributed by atoms with Crippen LogP contribution >= 0.6 is 0 Å². The number of cyclic esters (lactones) is 1. The SMILES string of the molecule is CCCc1ccc(C2(c3ccc(CCC)c(CCC)c3O)OC(=O)c3cc(C(=O)O)ccc32)c(O)c1CCC. The van der Waals surface area contributed by atoms with Gasteiger partial charge in [0.05, 0.1) is 11.1 Å². The maximum atomic E-state index is 13.4. The number of aromatic hydroxyl groups is 2. The van der Waals surface area contributed by atoms with Gasteiger partial charge in [-0.25, -0.2) is 9.59 Å². The Morgan fingerprint density at radius 3 is 1.62 bits per heavy atom. The molecule has 0 saturated carbocycles. The fraction of sp³-hybridized carbons (Fsp3) is 0.394. The molecule has 0 unspecified atom stereocenters. The number of carbonyl (C=O) groups is 2. The molecule has 1 aliphatic rings. The number of aromatic carboxylic acids is 1. The van der Waals surface area contributed by atoms with E-state index >= 15 is 0 Å². The lowest BCUT2D eigenvalue weighted by Crippen LogP contribution is -2.30. The Morgan fingerprint density at radius 1 is 0.718 bits per heavy atom. The molecule has 206 valence electrons. The summed E-state index contributed by atoms with van der Waals surface area (Å²) < 4.78 is 6.20. The number of carboxylic acid groups (broad SMARTS) is 1. The minimum atomic E-state index is -1.64. The summed E-state index contributed by atoms with van der Waals surface area (Å²) in [6.45, 7) is 8.27. The van der Waals surface area contributed by atoms with Crippen LogP contribution in [-0.4, -0.2) is 27.3 Å². The van der Waals surface area contributed by atoms with Crippen LogP contribution in [0.1, 0.15) is 113 Å². The number of carboxylic acids is 1. The van der Waals surface area contributed by atoms with E-state index in [0.29, 0.717) is 29.5 Å². The molecule has 0 amide bonds.